The van der Waals surface area contributed by atoms with E-state index in [0.29, 0.717) is 11.5 Å². The van der Waals surface area contributed by atoms with Crippen molar-refractivity contribution in [1.82, 2.24) is 5.32 Å². The van der Waals surface area contributed by atoms with Gasteiger partial charge < -0.3 is 10.1 Å². The predicted octanol–water partition coefficient (Wildman–Crippen LogP) is 3.65. The topological polar surface area (TPSA) is 21.3 Å². The van der Waals surface area contributed by atoms with Crippen molar-refractivity contribution in [2.75, 3.05) is 13.7 Å². The van der Waals surface area contributed by atoms with Crippen molar-refractivity contribution in [1.29, 1.82) is 0 Å². The van der Waals surface area contributed by atoms with E-state index in [1.54, 1.807) is 7.11 Å². The number of nitrogens with one attached hydrogen (secondary N) is 1. The van der Waals surface area contributed by atoms with Crippen molar-refractivity contribution < 1.29 is 4.74 Å². The van der Waals surface area contributed by atoms with Crippen molar-refractivity contribution in [3.63, 3.8) is 0 Å². The Morgan fingerprint density at radius 1 is 1.28 bits per heavy atom. The van der Waals surface area contributed by atoms with Crippen LogP contribution in [0.2, 0.25) is 0 Å². The first-order chi connectivity index (χ1) is 8.47. The lowest BCUT2D eigenvalue weighted by atomic mass is 9.83. The molecule has 2 heteroatoms. The van der Waals surface area contributed by atoms with Gasteiger partial charge in [0.05, 0.1) is 7.11 Å². The van der Waals surface area contributed by atoms with E-state index in [-0.39, 0.29) is 0 Å². The zero-order valence-corrected chi connectivity index (χ0v) is 12.4. The second-order valence-corrected chi connectivity index (χ2v) is 5.87. The lowest BCUT2D eigenvalue weighted by Gasteiger charge is -2.31. The third-order valence-corrected chi connectivity index (χ3v) is 3.35. The summed E-state index contributed by atoms with van der Waals surface area (Å²) >= 11 is 0. The molecule has 1 rings (SSSR count). The van der Waals surface area contributed by atoms with Gasteiger partial charge in [0.15, 0.2) is 0 Å². The molecular formula is C16H27NO. The molecule has 0 amide bonds. The Morgan fingerprint density at radius 3 is 2.56 bits per heavy atom. The molecule has 0 fully saturated rings. The molecule has 1 aromatic rings. The van der Waals surface area contributed by atoms with E-state index in [0.717, 1.165) is 25.1 Å². The molecule has 0 aliphatic heterocycles. The molecule has 0 aliphatic carbocycles. The Hall–Kier alpha value is -1.02. The van der Waals surface area contributed by atoms with Crippen LogP contribution in [0.3, 0.4) is 0 Å². The number of methoxy groups -OCH3 is 1. The summed E-state index contributed by atoms with van der Waals surface area (Å²) < 4.78 is 5.26. The van der Waals surface area contributed by atoms with Gasteiger partial charge in [-0.3, -0.25) is 0 Å². The molecular weight excluding hydrogens is 222 g/mol. The highest BCUT2D eigenvalue weighted by Gasteiger charge is 2.23. The van der Waals surface area contributed by atoms with Crippen LogP contribution < -0.4 is 10.1 Å². The van der Waals surface area contributed by atoms with Crippen molar-refractivity contribution in [3.05, 3.63) is 29.8 Å². The lowest BCUT2D eigenvalue weighted by molar-refractivity contribution is 0.258. The lowest BCUT2D eigenvalue weighted by Crippen LogP contribution is -2.40. The standard InChI is InChI=1S/C16H27NO/c1-6-17-15(16(2,3)4)11-10-13-8-7-9-14(12-13)18-5/h7-9,12,15,17H,6,10-11H2,1-5H3. The molecule has 1 unspecified atom stereocenters. The van der Waals surface area contributed by atoms with Crippen LogP contribution in [0.1, 0.15) is 39.7 Å². The molecule has 1 N–H and O–H groups in total. The van der Waals surface area contributed by atoms with E-state index >= 15 is 0 Å². The van der Waals surface area contributed by atoms with E-state index in [2.05, 4.69) is 51.2 Å². The minimum atomic E-state index is 0.300. The Morgan fingerprint density at radius 2 is 2.00 bits per heavy atom. The monoisotopic (exact) mass is 249 g/mol. The van der Waals surface area contributed by atoms with Crippen LogP contribution in [-0.4, -0.2) is 19.7 Å². The zero-order chi connectivity index (χ0) is 13.6. The number of aryl methyl sites for hydroxylation is 1. The number of hydrogen-bond acceptors (Lipinski definition) is 2. The first-order valence-corrected chi connectivity index (χ1v) is 6.83. The number of rotatable bonds is 6. The van der Waals surface area contributed by atoms with Gasteiger partial charge in [-0.25, -0.2) is 0 Å². The number of hydrogen-bond donors (Lipinski definition) is 1. The molecule has 0 heterocycles. The van der Waals surface area contributed by atoms with Gasteiger partial charge >= 0.3 is 0 Å². The largest absolute Gasteiger partial charge is 0.497 e. The van der Waals surface area contributed by atoms with E-state index < -0.39 is 0 Å². The van der Waals surface area contributed by atoms with Gasteiger partial charge in [-0.2, -0.15) is 0 Å². The first-order valence-electron chi connectivity index (χ1n) is 6.83. The molecule has 0 aliphatic rings. The van der Waals surface area contributed by atoms with Gasteiger partial charge in [-0.05, 0) is 42.5 Å². The van der Waals surface area contributed by atoms with Gasteiger partial charge in [0, 0.05) is 6.04 Å². The number of benzene rings is 1. The molecule has 102 valence electrons. The molecule has 1 atom stereocenters. The molecule has 2 nitrogen and oxygen atoms in total. The van der Waals surface area contributed by atoms with Crippen molar-refractivity contribution in [3.8, 4) is 5.75 Å². The predicted molar refractivity (Wildman–Crippen MR) is 78.2 cm³/mol. The average Bonchev–Trinajstić information content (AvgIpc) is 2.33. The van der Waals surface area contributed by atoms with E-state index in [4.69, 9.17) is 4.74 Å². The van der Waals surface area contributed by atoms with Crippen molar-refractivity contribution in [2.24, 2.45) is 5.41 Å². The Bertz CT molecular complexity index is 354. The van der Waals surface area contributed by atoms with Crippen LogP contribution in [0.15, 0.2) is 24.3 Å². The molecule has 0 spiro atoms. The zero-order valence-electron chi connectivity index (χ0n) is 12.4. The minimum Gasteiger partial charge on any atom is -0.497 e. The molecule has 0 saturated carbocycles. The van der Waals surface area contributed by atoms with E-state index in [9.17, 15) is 0 Å². The maximum atomic E-state index is 5.26. The first kappa shape index (κ1) is 15.0. The highest BCUT2D eigenvalue weighted by molar-refractivity contribution is 5.28. The Balaban J connectivity index is 2.61. The minimum absolute atomic E-state index is 0.300. The fourth-order valence-corrected chi connectivity index (χ4v) is 2.23. The van der Waals surface area contributed by atoms with Crippen LogP contribution in [0.5, 0.6) is 5.75 Å². The highest BCUT2D eigenvalue weighted by Crippen LogP contribution is 2.24. The fourth-order valence-electron chi connectivity index (χ4n) is 2.23. The smallest absolute Gasteiger partial charge is 0.119 e. The SMILES string of the molecule is CCNC(CCc1cccc(OC)c1)C(C)(C)C. The summed E-state index contributed by atoms with van der Waals surface area (Å²) in [5.74, 6) is 0.947. The van der Waals surface area contributed by atoms with Crippen molar-refractivity contribution >= 4 is 0 Å². The summed E-state index contributed by atoms with van der Waals surface area (Å²) in [6.07, 6.45) is 2.25. The van der Waals surface area contributed by atoms with Crippen LogP contribution in [0, 0.1) is 5.41 Å². The van der Waals surface area contributed by atoms with Crippen LogP contribution in [-0.2, 0) is 6.42 Å². The summed E-state index contributed by atoms with van der Waals surface area (Å²) in [7, 11) is 1.72. The number of ether oxygens (including phenoxy) is 1. The molecule has 18 heavy (non-hydrogen) atoms. The van der Waals surface area contributed by atoms with Gasteiger partial charge in [-0.1, -0.05) is 39.8 Å². The summed E-state index contributed by atoms with van der Waals surface area (Å²) in [5.41, 5.74) is 1.65. The quantitative estimate of drug-likeness (QED) is 0.831. The molecule has 0 saturated heterocycles. The van der Waals surface area contributed by atoms with Crippen LogP contribution in [0.4, 0.5) is 0 Å². The summed E-state index contributed by atoms with van der Waals surface area (Å²) in [5, 5.41) is 3.59. The average molecular weight is 249 g/mol. The maximum Gasteiger partial charge on any atom is 0.119 e. The van der Waals surface area contributed by atoms with Gasteiger partial charge in [0.2, 0.25) is 0 Å². The maximum absolute atomic E-state index is 5.26. The normalized spacial score (nSPS) is 13.4. The Labute approximate surface area is 112 Å². The second kappa shape index (κ2) is 6.79. The third-order valence-electron chi connectivity index (χ3n) is 3.35. The summed E-state index contributed by atoms with van der Waals surface area (Å²) in [4.78, 5) is 0. The summed E-state index contributed by atoms with van der Waals surface area (Å²) in [6, 6.07) is 8.91. The van der Waals surface area contributed by atoms with Crippen molar-refractivity contribution in [2.45, 2.75) is 46.6 Å². The third kappa shape index (κ3) is 4.69. The van der Waals surface area contributed by atoms with Crippen LogP contribution in [0.25, 0.3) is 0 Å². The molecule has 1 aromatic carbocycles. The molecule has 0 aromatic heterocycles. The summed E-state index contributed by atoms with van der Waals surface area (Å²) in [6.45, 7) is 10.1. The highest BCUT2D eigenvalue weighted by atomic mass is 16.5. The van der Waals surface area contributed by atoms with Gasteiger partial charge in [-0.15, -0.1) is 0 Å². The molecule has 0 radical (unpaired) electrons. The van der Waals surface area contributed by atoms with E-state index in [1.165, 1.54) is 5.56 Å². The van der Waals surface area contributed by atoms with Gasteiger partial charge in [0.1, 0.15) is 5.75 Å². The van der Waals surface area contributed by atoms with Gasteiger partial charge in [0.25, 0.3) is 0 Å². The molecule has 0 bridgehead atoms. The second-order valence-electron chi connectivity index (χ2n) is 5.87. The van der Waals surface area contributed by atoms with E-state index in [1.807, 2.05) is 6.07 Å². The Kier molecular flexibility index (Phi) is 5.67. The van der Waals surface area contributed by atoms with Crippen LogP contribution >= 0.6 is 0 Å². The fraction of sp³-hybridized carbons (Fsp3) is 0.625.